The Bertz CT molecular complexity index is 924. The molecule has 0 aliphatic carbocycles. The number of halogens is 1. The lowest BCUT2D eigenvalue weighted by atomic mass is 10.2. The summed E-state index contributed by atoms with van der Waals surface area (Å²) in [6.45, 7) is 6.92. The summed E-state index contributed by atoms with van der Waals surface area (Å²) in [5.41, 5.74) is 1.09. The van der Waals surface area contributed by atoms with E-state index >= 15 is 0 Å². The molecule has 0 saturated carbocycles. The van der Waals surface area contributed by atoms with Crippen LogP contribution in [0.1, 0.15) is 32.0 Å². The van der Waals surface area contributed by atoms with Crippen molar-refractivity contribution in [1.82, 2.24) is 14.5 Å². The van der Waals surface area contributed by atoms with Gasteiger partial charge < -0.3 is 14.2 Å². The third kappa shape index (κ3) is 6.37. The Labute approximate surface area is 171 Å². The number of benzene rings is 1. The Balaban J connectivity index is 2.36. The maximum atomic E-state index is 13.1. The Morgan fingerprint density at radius 2 is 1.93 bits per heavy atom. The van der Waals surface area contributed by atoms with Gasteiger partial charge in [-0.15, -0.1) is 0 Å². The number of hydrogen-bond acceptors (Lipinski definition) is 5. The summed E-state index contributed by atoms with van der Waals surface area (Å²) in [5.74, 6) is -0.534. The van der Waals surface area contributed by atoms with Crippen LogP contribution in [0.3, 0.4) is 0 Å². The fraction of sp³-hybridized carbons (Fsp3) is 0.500. The van der Waals surface area contributed by atoms with Crippen molar-refractivity contribution in [3.05, 3.63) is 47.5 Å². The van der Waals surface area contributed by atoms with Crippen LogP contribution in [-0.4, -0.2) is 49.0 Å². The number of carbonyl (C=O) groups is 1. The monoisotopic (exact) mass is 425 g/mol. The number of nitrogens with zero attached hydrogens (tertiary/aromatic N) is 3. The molecule has 0 bridgehead atoms. The Morgan fingerprint density at radius 1 is 1.28 bits per heavy atom. The first-order chi connectivity index (χ1) is 13.6. The molecule has 7 nitrogen and oxygen atoms in total. The zero-order valence-corrected chi connectivity index (χ0v) is 18.1. The second-order valence-electron chi connectivity index (χ2n) is 7.36. The number of ether oxygens (including phenoxy) is 1. The van der Waals surface area contributed by atoms with Gasteiger partial charge in [-0.25, -0.2) is 17.8 Å². The first-order valence-electron chi connectivity index (χ1n) is 9.40. The van der Waals surface area contributed by atoms with E-state index in [4.69, 9.17) is 4.74 Å². The number of rotatable bonds is 10. The molecule has 0 saturated heterocycles. The van der Waals surface area contributed by atoms with Crippen molar-refractivity contribution in [2.75, 3.05) is 20.3 Å². The zero-order chi connectivity index (χ0) is 21.6. The number of amides is 1. The minimum absolute atomic E-state index is 0.0816. The Kier molecular flexibility index (Phi) is 7.92. The fourth-order valence-corrected chi connectivity index (χ4v) is 4.51. The quantitative estimate of drug-likeness (QED) is 0.585. The molecule has 9 heteroatoms. The van der Waals surface area contributed by atoms with Crippen LogP contribution >= 0.6 is 0 Å². The third-order valence-electron chi connectivity index (χ3n) is 4.35. The molecule has 0 aliphatic rings. The fourth-order valence-electron chi connectivity index (χ4n) is 2.99. The van der Waals surface area contributed by atoms with E-state index in [0.29, 0.717) is 24.4 Å². The predicted octanol–water partition coefficient (Wildman–Crippen LogP) is 2.65. The van der Waals surface area contributed by atoms with Gasteiger partial charge in [0, 0.05) is 27.1 Å². The normalized spacial score (nSPS) is 11.8. The molecular formula is C20H28FN3O4S. The van der Waals surface area contributed by atoms with Gasteiger partial charge in [0.15, 0.2) is 0 Å². The largest absolute Gasteiger partial charge is 0.383 e. The molecule has 0 radical (unpaired) electrons. The van der Waals surface area contributed by atoms with Crippen molar-refractivity contribution < 1.29 is 22.3 Å². The van der Waals surface area contributed by atoms with Gasteiger partial charge in [0.2, 0.25) is 20.9 Å². The number of hydrogen-bond donors (Lipinski definition) is 0. The number of sulfone groups is 1. The van der Waals surface area contributed by atoms with Crippen LogP contribution < -0.4 is 0 Å². The molecule has 2 aromatic rings. The van der Waals surface area contributed by atoms with Gasteiger partial charge in [-0.05, 0) is 23.6 Å². The summed E-state index contributed by atoms with van der Waals surface area (Å²) in [6.07, 6.45) is 1.49. The van der Waals surface area contributed by atoms with Crippen molar-refractivity contribution in [3.8, 4) is 0 Å². The number of aromatic nitrogens is 2. The van der Waals surface area contributed by atoms with Gasteiger partial charge >= 0.3 is 0 Å². The van der Waals surface area contributed by atoms with E-state index in [2.05, 4.69) is 4.98 Å². The van der Waals surface area contributed by atoms with E-state index in [9.17, 15) is 17.6 Å². The molecule has 160 valence electrons. The van der Waals surface area contributed by atoms with Crippen LogP contribution in [-0.2, 0) is 38.2 Å². The van der Waals surface area contributed by atoms with Gasteiger partial charge in [0.1, 0.15) is 5.82 Å². The summed E-state index contributed by atoms with van der Waals surface area (Å²) < 4.78 is 45.8. The molecule has 0 atom stereocenters. The van der Waals surface area contributed by atoms with Crippen LogP contribution in [0, 0.1) is 11.7 Å². The topological polar surface area (TPSA) is 81.5 Å². The molecule has 0 unspecified atom stereocenters. The lowest BCUT2D eigenvalue weighted by molar-refractivity contribution is -0.130. The van der Waals surface area contributed by atoms with Crippen molar-refractivity contribution in [3.63, 3.8) is 0 Å². The predicted molar refractivity (Wildman–Crippen MR) is 107 cm³/mol. The average molecular weight is 426 g/mol. The molecule has 29 heavy (non-hydrogen) atoms. The summed E-state index contributed by atoms with van der Waals surface area (Å²) in [5, 5.41) is -0.0816. The van der Waals surface area contributed by atoms with Gasteiger partial charge in [0.25, 0.3) is 0 Å². The molecule has 0 aliphatic heterocycles. The molecule has 1 aromatic carbocycles. The van der Waals surface area contributed by atoms with Gasteiger partial charge in [0.05, 0.1) is 30.8 Å². The Morgan fingerprint density at radius 3 is 2.48 bits per heavy atom. The van der Waals surface area contributed by atoms with Crippen molar-refractivity contribution in [2.24, 2.45) is 5.92 Å². The highest BCUT2D eigenvalue weighted by Crippen LogP contribution is 2.19. The van der Waals surface area contributed by atoms with E-state index in [1.807, 2.05) is 13.8 Å². The van der Waals surface area contributed by atoms with Crippen molar-refractivity contribution >= 4 is 15.7 Å². The van der Waals surface area contributed by atoms with Crippen LogP contribution in [0.15, 0.2) is 35.6 Å². The molecule has 1 heterocycles. The van der Waals surface area contributed by atoms with E-state index in [-0.39, 0.29) is 35.8 Å². The van der Waals surface area contributed by atoms with Crippen LogP contribution in [0.25, 0.3) is 0 Å². The highest BCUT2D eigenvalue weighted by Gasteiger charge is 2.25. The molecular weight excluding hydrogens is 397 g/mol. The SMILES string of the molecule is COCCn1c(CN(CC(C)C)C(C)=O)cnc1S(=O)(=O)Cc1ccc(F)cc1. The maximum Gasteiger partial charge on any atom is 0.228 e. The average Bonchev–Trinajstić information content (AvgIpc) is 3.04. The standard InChI is InChI=1S/C20H28FN3O4S/c1-15(2)12-23(16(3)25)13-19-11-22-20(24(19)9-10-28-4)29(26,27)14-17-5-7-18(21)8-6-17/h5-8,11,15H,9-10,12-14H2,1-4H3. The summed E-state index contributed by atoms with van der Waals surface area (Å²) >= 11 is 0. The first kappa shape index (κ1) is 23.0. The van der Waals surface area contributed by atoms with E-state index < -0.39 is 15.7 Å². The van der Waals surface area contributed by atoms with Crippen LogP contribution in [0.2, 0.25) is 0 Å². The first-order valence-corrected chi connectivity index (χ1v) is 11.0. The molecule has 0 spiro atoms. The third-order valence-corrected chi connectivity index (χ3v) is 5.95. The molecule has 1 aromatic heterocycles. The van der Waals surface area contributed by atoms with Crippen LogP contribution in [0.4, 0.5) is 4.39 Å². The maximum absolute atomic E-state index is 13.1. The lowest BCUT2D eigenvalue weighted by Crippen LogP contribution is -2.33. The highest BCUT2D eigenvalue weighted by atomic mass is 32.2. The van der Waals surface area contributed by atoms with Gasteiger partial charge in [-0.2, -0.15) is 0 Å². The Hall–Kier alpha value is -2.26. The second-order valence-corrected chi connectivity index (χ2v) is 9.24. The second kappa shape index (κ2) is 9.98. The summed E-state index contributed by atoms with van der Waals surface area (Å²) in [7, 11) is -2.24. The molecule has 0 N–H and O–H groups in total. The van der Waals surface area contributed by atoms with Gasteiger partial charge in [-0.3, -0.25) is 4.79 Å². The zero-order valence-electron chi connectivity index (χ0n) is 17.3. The smallest absolute Gasteiger partial charge is 0.228 e. The van der Waals surface area contributed by atoms with Crippen molar-refractivity contribution in [1.29, 1.82) is 0 Å². The number of imidazole rings is 1. The van der Waals surface area contributed by atoms with Crippen LogP contribution in [0.5, 0.6) is 0 Å². The number of methoxy groups -OCH3 is 1. The minimum atomic E-state index is -3.78. The molecule has 0 fully saturated rings. The minimum Gasteiger partial charge on any atom is -0.383 e. The molecule has 2 rings (SSSR count). The van der Waals surface area contributed by atoms with Crippen molar-refractivity contribution in [2.45, 2.75) is 44.8 Å². The van der Waals surface area contributed by atoms with E-state index in [1.165, 1.54) is 44.5 Å². The van der Waals surface area contributed by atoms with E-state index in [1.54, 1.807) is 9.47 Å². The van der Waals surface area contributed by atoms with E-state index in [0.717, 1.165) is 0 Å². The summed E-state index contributed by atoms with van der Waals surface area (Å²) in [6, 6.07) is 5.33. The highest BCUT2D eigenvalue weighted by molar-refractivity contribution is 7.90. The lowest BCUT2D eigenvalue weighted by Gasteiger charge is -2.24. The number of carbonyl (C=O) groups excluding carboxylic acids is 1. The summed E-state index contributed by atoms with van der Waals surface area (Å²) in [4.78, 5) is 17.8. The van der Waals surface area contributed by atoms with Gasteiger partial charge in [-0.1, -0.05) is 26.0 Å². The molecule has 1 amide bonds.